The highest BCUT2D eigenvalue weighted by Crippen LogP contribution is 2.43. The Morgan fingerprint density at radius 2 is 1.91 bits per heavy atom. The summed E-state index contributed by atoms with van der Waals surface area (Å²) in [7, 11) is 1.95. The monoisotopic (exact) mass is 437 g/mol. The van der Waals surface area contributed by atoms with Gasteiger partial charge in [-0.1, -0.05) is 19.3 Å². The number of rotatable bonds is 2. The standard InChI is InChI=1S/C17H31N3S.HI/c1-18-16(19-13-15-5-11-21-12-6-15)20-10-9-17(14-20)7-3-2-4-8-17;/h15H,2-14H2,1H3,(H,18,19);1H. The van der Waals surface area contributed by atoms with E-state index >= 15 is 0 Å². The molecule has 3 aliphatic rings. The summed E-state index contributed by atoms with van der Waals surface area (Å²) in [5.41, 5.74) is 0.622. The number of nitrogens with zero attached hydrogens (tertiary/aromatic N) is 2. The molecule has 1 saturated carbocycles. The summed E-state index contributed by atoms with van der Waals surface area (Å²) in [6.45, 7) is 3.57. The van der Waals surface area contributed by atoms with Crippen LogP contribution < -0.4 is 5.32 Å². The maximum atomic E-state index is 4.56. The largest absolute Gasteiger partial charge is 0.356 e. The van der Waals surface area contributed by atoms with Crippen LogP contribution in [0.15, 0.2) is 4.99 Å². The van der Waals surface area contributed by atoms with Gasteiger partial charge in [0.15, 0.2) is 5.96 Å². The number of nitrogens with one attached hydrogen (secondary N) is 1. The third kappa shape index (κ3) is 4.68. The van der Waals surface area contributed by atoms with Gasteiger partial charge in [0.2, 0.25) is 0 Å². The number of aliphatic imine (C=N–C) groups is 1. The predicted octanol–water partition coefficient (Wildman–Crippen LogP) is 3.98. The Morgan fingerprint density at radius 3 is 2.59 bits per heavy atom. The first-order valence-corrected chi connectivity index (χ1v) is 10.0. The van der Waals surface area contributed by atoms with Crippen LogP contribution in [-0.2, 0) is 0 Å². The predicted molar refractivity (Wildman–Crippen MR) is 109 cm³/mol. The molecular weight excluding hydrogens is 405 g/mol. The second kappa shape index (κ2) is 9.00. The highest BCUT2D eigenvalue weighted by atomic mass is 127. The van der Waals surface area contributed by atoms with Gasteiger partial charge in [-0.15, -0.1) is 24.0 Å². The fraction of sp³-hybridized carbons (Fsp3) is 0.941. The Labute approximate surface area is 157 Å². The van der Waals surface area contributed by atoms with Crippen LogP contribution in [0.2, 0.25) is 0 Å². The normalized spacial score (nSPS) is 26.0. The highest BCUT2D eigenvalue weighted by Gasteiger charge is 2.39. The van der Waals surface area contributed by atoms with Crippen LogP contribution >= 0.6 is 35.7 Å². The SMILES string of the molecule is CN=C(NCC1CCSCC1)N1CCC2(CCCCC2)C1.I. The summed E-state index contributed by atoms with van der Waals surface area (Å²) in [6, 6.07) is 0. The Morgan fingerprint density at radius 1 is 1.18 bits per heavy atom. The lowest BCUT2D eigenvalue weighted by Crippen LogP contribution is -2.43. The van der Waals surface area contributed by atoms with E-state index in [0.29, 0.717) is 5.41 Å². The molecule has 22 heavy (non-hydrogen) atoms. The van der Waals surface area contributed by atoms with Crippen LogP contribution in [0, 0.1) is 11.3 Å². The Balaban J connectivity index is 0.00000176. The van der Waals surface area contributed by atoms with Gasteiger partial charge in [0, 0.05) is 26.7 Å². The summed E-state index contributed by atoms with van der Waals surface area (Å²) >= 11 is 2.11. The molecule has 3 fully saturated rings. The molecule has 1 aliphatic carbocycles. The van der Waals surface area contributed by atoms with Gasteiger partial charge >= 0.3 is 0 Å². The maximum absolute atomic E-state index is 4.56. The molecule has 1 spiro atoms. The molecule has 1 N–H and O–H groups in total. The number of hydrogen-bond donors (Lipinski definition) is 1. The van der Waals surface area contributed by atoms with E-state index in [-0.39, 0.29) is 24.0 Å². The fourth-order valence-corrected chi connectivity index (χ4v) is 5.55. The smallest absolute Gasteiger partial charge is 0.193 e. The van der Waals surface area contributed by atoms with Crippen molar-refractivity contribution in [1.82, 2.24) is 10.2 Å². The second-order valence-electron chi connectivity index (χ2n) is 7.22. The molecule has 128 valence electrons. The van der Waals surface area contributed by atoms with Crippen LogP contribution in [0.5, 0.6) is 0 Å². The molecule has 0 bridgehead atoms. The first-order chi connectivity index (χ1) is 10.3. The highest BCUT2D eigenvalue weighted by molar-refractivity contribution is 14.0. The minimum atomic E-state index is 0. The van der Waals surface area contributed by atoms with Crippen LogP contribution in [0.1, 0.15) is 51.4 Å². The zero-order valence-corrected chi connectivity index (χ0v) is 17.1. The van der Waals surface area contributed by atoms with Gasteiger partial charge in [-0.2, -0.15) is 11.8 Å². The van der Waals surface area contributed by atoms with E-state index in [2.05, 4.69) is 27.0 Å². The molecule has 2 aliphatic heterocycles. The quantitative estimate of drug-likeness (QED) is 0.402. The van der Waals surface area contributed by atoms with E-state index < -0.39 is 0 Å². The number of thioether (sulfide) groups is 1. The molecule has 2 saturated heterocycles. The van der Waals surface area contributed by atoms with Gasteiger partial charge in [-0.3, -0.25) is 4.99 Å². The van der Waals surface area contributed by atoms with Crippen molar-refractivity contribution >= 4 is 41.7 Å². The third-order valence-corrected chi connectivity index (χ3v) is 6.80. The van der Waals surface area contributed by atoms with Crippen molar-refractivity contribution in [3.05, 3.63) is 0 Å². The zero-order valence-electron chi connectivity index (χ0n) is 14.0. The zero-order chi connectivity index (χ0) is 14.5. The van der Waals surface area contributed by atoms with Crippen LogP contribution in [-0.4, -0.2) is 49.0 Å². The third-order valence-electron chi connectivity index (χ3n) is 5.75. The van der Waals surface area contributed by atoms with Gasteiger partial charge in [0.05, 0.1) is 0 Å². The van der Waals surface area contributed by atoms with Crippen LogP contribution in [0.25, 0.3) is 0 Å². The molecule has 0 amide bonds. The lowest BCUT2D eigenvalue weighted by molar-refractivity contribution is 0.203. The summed E-state index contributed by atoms with van der Waals surface area (Å²) in [5, 5.41) is 3.67. The Kier molecular flexibility index (Phi) is 7.64. The summed E-state index contributed by atoms with van der Waals surface area (Å²) < 4.78 is 0. The van der Waals surface area contributed by atoms with Crippen LogP contribution in [0.3, 0.4) is 0 Å². The lowest BCUT2D eigenvalue weighted by atomic mass is 9.73. The fourth-order valence-electron chi connectivity index (χ4n) is 4.34. The second-order valence-corrected chi connectivity index (χ2v) is 8.44. The first-order valence-electron chi connectivity index (χ1n) is 8.85. The van der Waals surface area contributed by atoms with Crippen LogP contribution in [0.4, 0.5) is 0 Å². The van der Waals surface area contributed by atoms with E-state index in [0.717, 1.165) is 18.4 Å². The first kappa shape index (κ1) is 18.7. The molecule has 3 rings (SSSR count). The average Bonchev–Trinajstić information content (AvgIpc) is 2.93. The Hall–Kier alpha value is 0.350. The molecule has 0 atom stereocenters. The van der Waals surface area contributed by atoms with Crippen molar-refractivity contribution in [2.45, 2.75) is 51.4 Å². The molecule has 0 unspecified atom stereocenters. The molecule has 0 aromatic rings. The minimum Gasteiger partial charge on any atom is -0.356 e. The molecule has 3 nitrogen and oxygen atoms in total. The summed E-state index contributed by atoms with van der Waals surface area (Å²) in [4.78, 5) is 7.09. The van der Waals surface area contributed by atoms with Crippen molar-refractivity contribution in [3.8, 4) is 0 Å². The van der Waals surface area contributed by atoms with E-state index in [1.54, 1.807) is 0 Å². The van der Waals surface area contributed by atoms with Crippen molar-refractivity contribution in [2.75, 3.05) is 38.2 Å². The molecular formula is C17H32IN3S. The van der Waals surface area contributed by atoms with Crippen molar-refractivity contribution in [1.29, 1.82) is 0 Å². The van der Waals surface area contributed by atoms with Crippen molar-refractivity contribution < 1.29 is 0 Å². The summed E-state index contributed by atoms with van der Waals surface area (Å²) in [6.07, 6.45) is 11.4. The van der Waals surface area contributed by atoms with Gasteiger partial charge in [-0.05, 0) is 54.9 Å². The van der Waals surface area contributed by atoms with E-state index in [9.17, 15) is 0 Å². The van der Waals surface area contributed by atoms with Crippen molar-refractivity contribution in [2.24, 2.45) is 16.3 Å². The molecule has 5 heteroatoms. The number of likely N-dealkylation sites (tertiary alicyclic amines) is 1. The Bertz CT molecular complexity index is 363. The number of halogens is 1. The lowest BCUT2D eigenvalue weighted by Gasteiger charge is -2.34. The average molecular weight is 437 g/mol. The van der Waals surface area contributed by atoms with Crippen molar-refractivity contribution in [3.63, 3.8) is 0 Å². The van der Waals surface area contributed by atoms with E-state index in [1.165, 1.54) is 76.0 Å². The molecule has 2 heterocycles. The van der Waals surface area contributed by atoms with Gasteiger partial charge < -0.3 is 10.2 Å². The van der Waals surface area contributed by atoms with Gasteiger partial charge in [0.25, 0.3) is 0 Å². The van der Waals surface area contributed by atoms with Gasteiger partial charge in [0.1, 0.15) is 0 Å². The number of guanidine groups is 1. The van der Waals surface area contributed by atoms with E-state index in [1.807, 2.05) is 7.05 Å². The molecule has 0 aromatic carbocycles. The van der Waals surface area contributed by atoms with E-state index in [4.69, 9.17) is 0 Å². The van der Waals surface area contributed by atoms with Gasteiger partial charge in [-0.25, -0.2) is 0 Å². The molecule has 0 aromatic heterocycles. The molecule has 0 radical (unpaired) electrons. The topological polar surface area (TPSA) is 27.6 Å². The number of hydrogen-bond acceptors (Lipinski definition) is 2. The maximum Gasteiger partial charge on any atom is 0.193 e. The summed E-state index contributed by atoms with van der Waals surface area (Å²) in [5.74, 6) is 4.71. The minimum absolute atomic E-state index is 0.